The van der Waals surface area contributed by atoms with Gasteiger partial charge in [0.05, 0.1) is 24.3 Å². The molecule has 0 bridgehead atoms. The predicted molar refractivity (Wildman–Crippen MR) is 142 cm³/mol. The molecule has 0 aliphatic heterocycles. The Hall–Kier alpha value is -4.58. The fraction of sp³-hybridized carbons (Fsp3) is 0.133. The molecular weight excluding hydrogens is 452 g/mol. The van der Waals surface area contributed by atoms with E-state index in [9.17, 15) is 9.59 Å². The Kier molecular flexibility index (Phi) is 7.98. The molecule has 6 heteroatoms. The molecule has 0 atom stereocenters. The van der Waals surface area contributed by atoms with Gasteiger partial charge >= 0.3 is 11.9 Å². The molecule has 0 aliphatic carbocycles. The van der Waals surface area contributed by atoms with Gasteiger partial charge in [0.1, 0.15) is 0 Å². The largest absolute Gasteiger partial charge is 0.462 e. The number of anilines is 2. The SMILES string of the molecule is Nc1ccc(CCOC(=O)c2ccc(-c3ccc(C(=O)OCCc4ccc(N)cc4)cc3)cc2)cc1. The lowest BCUT2D eigenvalue weighted by Gasteiger charge is -2.08. The minimum absolute atomic E-state index is 0.294. The summed E-state index contributed by atoms with van der Waals surface area (Å²) in [6.45, 7) is 0.587. The van der Waals surface area contributed by atoms with Gasteiger partial charge < -0.3 is 20.9 Å². The van der Waals surface area contributed by atoms with Gasteiger partial charge in [0.2, 0.25) is 0 Å². The van der Waals surface area contributed by atoms with Crippen LogP contribution in [0.2, 0.25) is 0 Å². The molecule has 0 radical (unpaired) electrons. The lowest BCUT2D eigenvalue weighted by molar-refractivity contribution is 0.0500. The van der Waals surface area contributed by atoms with E-state index in [1.54, 1.807) is 24.3 Å². The molecule has 0 fully saturated rings. The van der Waals surface area contributed by atoms with Crippen molar-refractivity contribution >= 4 is 23.3 Å². The van der Waals surface area contributed by atoms with Gasteiger partial charge in [-0.3, -0.25) is 0 Å². The van der Waals surface area contributed by atoms with Crippen LogP contribution in [0.25, 0.3) is 11.1 Å². The van der Waals surface area contributed by atoms with Crippen LogP contribution in [0.15, 0.2) is 97.1 Å². The van der Waals surface area contributed by atoms with E-state index in [0.717, 1.165) is 22.3 Å². The van der Waals surface area contributed by atoms with E-state index in [0.29, 0.717) is 48.6 Å². The third kappa shape index (κ3) is 6.73. The highest BCUT2D eigenvalue weighted by atomic mass is 16.5. The van der Waals surface area contributed by atoms with Gasteiger partial charge in [-0.05, 0) is 70.8 Å². The number of nitrogen functional groups attached to an aromatic ring is 2. The maximum absolute atomic E-state index is 12.3. The van der Waals surface area contributed by atoms with Gasteiger partial charge in [0, 0.05) is 24.2 Å². The molecule has 0 heterocycles. The molecule has 36 heavy (non-hydrogen) atoms. The van der Waals surface area contributed by atoms with Crippen molar-refractivity contribution in [2.75, 3.05) is 24.7 Å². The first-order chi connectivity index (χ1) is 17.5. The number of ether oxygens (including phenoxy) is 2. The van der Waals surface area contributed by atoms with Crippen molar-refractivity contribution in [2.24, 2.45) is 0 Å². The summed E-state index contributed by atoms with van der Waals surface area (Å²) in [5.74, 6) is -0.733. The molecule has 182 valence electrons. The van der Waals surface area contributed by atoms with Gasteiger partial charge in [-0.2, -0.15) is 0 Å². The molecular formula is C30H28N2O4. The molecule has 4 rings (SSSR count). The zero-order chi connectivity index (χ0) is 25.3. The predicted octanol–water partition coefficient (Wildman–Crippen LogP) is 5.32. The topological polar surface area (TPSA) is 105 Å². The lowest BCUT2D eigenvalue weighted by Crippen LogP contribution is -2.08. The molecule has 6 nitrogen and oxygen atoms in total. The summed E-state index contributed by atoms with van der Waals surface area (Å²) in [6, 6.07) is 29.4. The number of esters is 2. The number of hydrogen-bond acceptors (Lipinski definition) is 6. The molecule has 0 aliphatic rings. The normalized spacial score (nSPS) is 10.6. The molecule has 4 N–H and O–H groups in total. The number of nitrogens with two attached hydrogens (primary N) is 2. The minimum atomic E-state index is -0.367. The van der Waals surface area contributed by atoms with Crippen molar-refractivity contribution in [1.82, 2.24) is 0 Å². The fourth-order valence-electron chi connectivity index (χ4n) is 3.66. The number of rotatable bonds is 9. The second kappa shape index (κ2) is 11.7. The van der Waals surface area contributed by atoms with Crippen molar-refractivity contribution in [3.8, 4) is 11.1 Å². The summed E-state index contributed by atoms with van der Waals surface area (Å²) in [6.07, 6.45) is 1.25. The standard InChI is InChI=1S/C30H28N2O4/c31-27-13-1-21(2-14-27)17-19-35-29(33)25-9-5-23(6-10-25)24-7-11-26(12-8-24)30(34)36-20-18-22-3-15-28(32)16-4-22/h1-16H,17-20,31-32H2. The second-order valence-corrected chi connectivity index (χ2v) is 8.41. The summed E-state index contributed by atoms with van der Waals surface area (Å²) >= 11 is 0. The van der Waals surface area contributed by atoms with Crippen LogP contribution >= 0.6 is 0 Å². The Morgan fingerprint density at radius 2 is 0.833 bits per heavy atom. The number of hydrogen-bond donors (Lipinski definition) is 2. The summed E-state index contributed by atoms with van der Waals surface area (Å²) in [5, 5.41) is 0. The Balaban J connectivity index is 1.26. The molecule has 0 amide bonds. The van der Waals surface area contributed by atoms with Crippen LogP contribution in [0, 0.1) is 0 Å². The summed E-state index contributed by atoms with van der Waals surface area (Å²) < 4.78 is 10.8. The Morgan fingerprint density at radius 1 is 0.500 bits per heavy atom. The Bertz CT molecular complexity index is 1190. The first-order valence-electron chi connectivity index (χ1n) is 11.7. The van der Waals surface area contributed by atoms with E-state index in [-0.39, 0.29) is 11.9 Å². The zero-order valence-corrected chi connectivity index (χ0v) is 19.9. The maximum atomic E-state index is 12.3. The molecule has 0 saturated heterocycles. The summed E-state index contributed by atoms with van der Waals surface area (Å²) in [5.41, 5.74) is 17.7. The summed E-state index contributed by atoms with van der Waals surface area (Å²) in [7, 11) is 0. The molecule has 0 aromatic heterocycles. The van der Waals surface area contributed by atoms with Crippen molar-refractivity contribution in [3.63, 3.8) is 0 Å². The van der Waals surface area contributed by atoms with Crippen LogP contribution in [0.3, 0.4) is 0 Å². The quantitative estimate of drug-likeness (QED) is 0.248. The smallest absolute Gasteiger partial charge is 0.338 e. The molecule has 0 unspecified atom stereocenters. The first-order valence-corrected chi connectivity index (χ1v) is 11.7. The van der Waals surface area contributed by atoms with E-state index >= 15 is 0 Å². The fourth-order valence-corrected chi connectivity index (χ4v) is 3.66. The average molecular weight is 481 g/mol. The van der Waals surface area contributed by atoms with Gasteiger partial charge in [-0.25, -0.2) is 9.59 Å². The zero-order valence-electron chi connectivity index (χ0n) is 19.9. The van der Waals surface area contributed by atoms with E-state index in [1.165, 1.54) is 0 Å². The number of carbonyl (C=O) groups excluding carboxylic acids is 2. The van der Waals surface area contributed by atoms with Crippen molar-refractivity contribution < 1.29 is 19.1 Å². The monoisotopic (exact) mass is 480 g/mol. The number of benzene rings is 4. The van der Waals surface area contributed by atoms with Gasteiger partial charge in [-0.1, -0.05) is 48.5 Å². The minimum Gasteiger partial charge on any atom is -0.462 e. The van der Waals surface area contributed by atoms with Crippen LogP contribution in [-0.4, -0.2) is 25.2 Å². The Morgan fingerprint density at radius 3 is 1.17 bits per heavy atom. The van der Waals surface area contributed by atoms with Crippen molar-refractivity contribution in [1.29, 1.82) is 0 Å². The maximum Gasteiger partial charge on any atom is 0.338 e. The first kappa shape index (κ1) is 24.5. The molecule has 0 saturated carbocycles. The highest BCUT2D eigenvalue weighted by molar-refractivity contribution is 5.91. The highest BCUT2D eigenvalue weighted by Crippen LogP contribution is 2.21. The van der Waals surface area contributed by atoms with Crippen LogP contribution in [0.4, 0.5) is 11.4 Å². The van der Waals surface area contributed by atoms with E-state index in [2.05, 4.69) is 0 Å². The van der Waals surface area contributed by atoms with Crippen LogP contribution in [0.5, 0.6) is 0 Å². The third-order valence-corrected chi connectivity index (χ3v) is 5.78. The molecule has 0 spiro atoms. The van der Waals surface area contributed by atoms with Crippen molar-refractivity contribution in [2.45, 2.75) is 12.8 Å². The molecule has 4 aromatic rings. The second-order valence-electron chi connectivity index (χ2n) is 8.41. The Labute approximate surface area is 210 Å². The third-order valence-electron chi connectivity index (χ3n) is 5.78. The van der Waals surface area contributed by atoms with Crippen LogP contribution < -0.4 is 11.5 Å². The van der Waals surface area contributed by atoms with E-state index in [4.69, 9.17) is 20.9 Å². The molecule has 4 aromatic carbocycles. The van der Waals surface area contributed by atoms with Gasteiger partial charge in [0.25, 0.3) is 0 Å². The van der Waals surface area contributed by atoms with Crippen molar-refractivity contribution in [3.05, 3.63) is 119 Å². The highest BCUT2D eigenvalue weighted by Gasteiger charge is 2.10. The lowest BCUT2D eigenvalue weighted by atomic mass is 10.0. The van der Waals surface area contributed by atoms with Crippen LogP contribution in [-0.2, 0) is 22.3 Å². The van der Waals surface area contributed by atoms with E-state index in [1.807, 2.05) is 72.8 Å². The number of carbonyl (C=O) groups is 2. The summed E-state index contributed by atoms with van der Waals surface area (Å²) in [4.78, 5) is 24.7. The van der Waals surface area contributed by atoms with Gasteiger partial charge in [0.15, 0.2) is 0 Å². The van der Waals surface area contributed by atoms with Crippen LogP contribution in [0.1, 0.15) is 31.8 Å². The van der Waals surface area contributed by atoms with Gasteiger partial charge in [-0.15, -0.1) is 0 Å². The van der Waals surface area contributed by atoms with E-state index < -0.39 is 0 Å². The average Bonchev–Trinajstić information content (AvgIpc) is 2.91.